The molecular weight excluding hydrogens is 386 g/mol. The number of fused-ring (bicyclic) bond motifs is 3. The van der Waals surface area contributed by atoms with Gasteiger partial charge in [0, 0.05) is 43.3 Å². The Morgan fingerprint density at radius 1 is 1.10 bits per heavy atom. The number of para-hydroxylation sites is 1. The summed E-state index contributed by atoms with van der Waals surface area (Å²) in [7, 11) is 3.04. The monoisotopic (exact) mass is 409 g/mol. The van der Waals surface area contributed by atoms with E-state index in [1.807, 2.05) is 0 Å². The van der Waals surface area contributed by atoms with Gasteiger partial charge >= 0.3 is 0 Å². The Morgan fingerprint density at radius 3 is 2.40 bits per heavy atom. The third kappa shape index (κ3) is 2.79. The van der Waals surface area contributed by atoms with E-state index >= 15 is 0 Å². The second-order valence-electron chi connectivity index (χ2n) is 7.17. The number of anilines is 2. The van der Waals surface area contributed by atoms with Gasteiger partial charge in [-0.1, -0.05) is 12.1 Å². The van der Waals surface area contributed by atoms with Crippen molar-refractivity contribution in [3.63, 3.8) is 0 Å². The first kappa shape index (κ1) is 19.8. The zero-order valence-electron chi connectivity index (χ0n) is 17.1. The van der Waals surface area contributed by atoms with Crippen molar-refractivity contribution in [1.82, 2.24) is 4.90 Å². The molecule has 0 radical (unpaired) electrons. The number of rotatable bonds is 5. The predicted octanol–water partition coefficient (Wildman–Crippen LogP) is 2.64. The average Bonchev–Trinajstić information content (AvgIpc) is 3.12. The average molecular weight is 409 g/mol. The summed E-state index contributed by atoms with van der Waals surface area (Å²) in [5.41, 5.74) is -0.0884. The molecule has 2 aliphatic rings. The predicted molar refractivity (Wildman–Crippen MR) is 111 cm³/mol. The van der Waals surface area contributed by atoms with Gasteiger partial charge in [0.2, 0.25) is 11.6 Å². The summed E-state index contributed by atoms with van der Waals surface area (Å²) in [6.45, 7) is 2.09. The number of hydrogen-bond acceptors (Lipinski definition) is 5. The number of ether oxygens (including phenoxy) is 2. The summed E-state index contributed by atoms with van der Waals surface area (Å²) in [5.74, 6) is 0.121. The summed E-state index contributed by atoms with van der Waals surface area (Å²) >= 11 is 0. The molecule has 0 unspecified atom stereocenters. The van der Waals surface area contributed by atoms with Gasteiger partial charge in [-0.15, -0.1) is 0 Å². The van der Waals surface area contributed by atoms with Crippen LogP contribution in [0.5, 0.6) is 11.5 Å². The molecule has 30 heavy (non-hydrogen) atoms. The van der Waals surface area contributed by atoms with E-state index < -0.39 is 11.6 Å². The molecule has 2 heterocycles. The maximum atomic E-state index is 13.7. The van der Waals surface area contributed by atoms with E-state index in [-0.39, 0.29) is 31.2 Å². The number of benzene rings is 2. The Balaban J connectivity index is 1.80. The molecule has 2 aromatic rings. The number of carbonyl (C=O) groups is 3. The van der Waals surface area contributed by atoms with Crippen LogP contribution in [-0.2, 0) is 9.59 Å². The van der Waals surface area contributed by atoms with E-state index in [1.165, 1.54) is 24.0 Å². The molecule has 0 spiro atoms. The molecule has 4 rings (SSSR count). The van der Waals surface area contributed by atoms with Gasteiger partial charge in [-0.3, -0.25) is 19.3 Å². The molecule has 0 aliphatic carbocycles. The van der Waals surface area contributed by atoms with Crippen molar-refractivity contribution in [3.8, 4) is 11.5 Å². The molecule has 1 saturated heterocycles. The molecule has 1 N–H and O–H groups in total. The van der Waals surface area contributed by atoms with Crippen LogP contribution in [-0.4, -0.2) is 49.0 Å². The summed E-state index contributed by atoms with van der Waals surface area (Å²) in [6.07, 6.45) is 0.389. The van der Waals surface area contributed by atoms with Crippen molar-refractivity contribution in [2.45, 2.75) is 25.4 Å². The molecule has 156 valence electrons. The maximum absolute atomic E-state index is 13.7. The minimum Gasteiger partial charge on any atom is -0.497 e. The van der Waals surface area contributed by atoms with Crippen LogP contribution >= 0.6 is 0 Å². The molecule has 0 saturated carbocycles. The highest BCUT2D eigenvalue weighted by atomic mass is 16.5. The molecule has 1 atom stereocenters. The molecule has 2 aromatic carbocycles. The van der Waals surface area contributed by atoms with Gasteiger partial charge in [-0.25, -0.2) is 0 Å². The highest BCUT2D eigenvalue weighted by Crippen LogP contribution is 2.45. The topological polar surface area (TPSA) is 88.2 Å². The number of carbonyl (C=O) groups excluding carboxylic acids is 3. The quantitative estimate of drug-likeness (QED) is 0.820. The largest absolute Gasteiger partial charge is 0.497 e. The number of methoxy groups -OCH3 is 2. The first-order valence-corrected chi connectivity index (χ1v) is 9.74. The minimum atomic E-state index is -1.42. The lowest BCUT2D eigenvalue weighted by molar-refractivity contribution is -0.128. The number of nitrogens with zero attached hydrogens (tertiary/aromatic N) is 2. The van der Waals surface area contributed by atoms with E-state index in [1.54, 1.807) is 49.4 Å². The zero-order valence-corrected chi connectivity index (χ0v) is 17.1. The third-order valence-corrected chi connectivity index (χ3v) is 5.66. The zero-order chi connectivity index (χ0) is 21.5. The van der Waals surface area contributed by atoms with Gasteiger partial charge in [0.05, 0.1) is 25.5 Å². The first-order valence-electron chi connectivity index (χ1n) is 9.74. The van der Waals surface area contributed by atoms with E-state index in [4.69, 9.17) is 9.47 Å². The number of amides is 3. The highest BCUT2D eigenvalue weighted by Gasteiger charge is 2.60. The summed E-state index contributed by atoms with van der Waals surface area (Å²) in [5, 5.41) is 2.87. The molecule has 0 aromatic heterocycles. The Hall–Kier alpha value is -3.55. The van der Waals surface area contributed by atoms with Crippen LogP contribution in [0.1, 0.15) is 30.1 Å². The molecule has 1 fully saturated rings. The fraction of sp³-hybridized carbons (Fsp3) is 0.318. The number of hydrogen-bond donors (Lipinski definition) is 1. The van der Waals surface area contributed by atoms with Gasteiger partial charge < -0.3 is 19.7 Å². The van der Waals surface area contributed by atoms with Gasteiger partial charge in [0.25, 0.3) is 11.8 Å². The second kappa shape index (κ2) is 7.37. The molecular formula is C22H23N3O5. The van der Waals surface area contributed by atoms with Crippen LogP contribution in [0.15, 0.2) is 42.5 Å². The van der Waals surface area contributed by atoms with Gasteiger partial charge in [0.1, 0.15) is 11.5 Å². The highest BCUT2D eigenvalue weighted by molar-refractivity contribution is 6.18. The Labute approximate surface area is 174 Å². The maximum Gasteiger partial charge on any atom is 0.271 e. The SMILES string of the molecule is CCN1C(=O)c2ccccc2N2C(=O)CC[C@]12C(=O)Nc1cc(OC)cc(OC)c1. The van der Waals surface area contributed by atoms with Crippen molar-refractivity contribution in [3.05, 3.63) is 48.0 Å². The van der Waals surface area contributed by atoms with Gasteiger partial charge in [-0.2, -0.15) is 0 Å². The second-order valence-corrected chi connectivity index (χ2v) is 7.17. The first-order chi connectivity index (χ1) is 14.5. The van der Waals surface area contributed by atoms with Crippen LogP contribution in [0, 0.1) is 0 Å². The lowest BCUT2D eigenvalue weighted by Crippen LogP contribution is -2.69. The minimum absolute atomic E-state index is 0.174. The molecule has 8 nitrogen and oxygen atoms in total. The van der Waals surface area contributed by atoms with Gasteiger partial charge in [0.15, 0.2) is 0 Å². The summed E-state index contributed by atoms with van der Waals surface area (Å²) < 4.78 is 10.5. The van der Waals surface area contributed by atoms with E-state index in [2.05, 4.69) is 5.32 Å². The summed E-state index contributed by atoms with van der Waals surface area (Å²) in [4.78, 5) is 42.7. The number of likely N-dealkylation sites (N-methyl/N-ethyl adjacent to an activating group) is 1. The van der Waals surface area contributed by atoms with E-state index in [0.29, 0.717) is 28.4 Å². The van der Waals surface area contributed by atoms with Crippen LogP contribution in [0.2, 0.25) is 0 Å². The van der Waals surface area contributed by atoms with Crippen molar-refractivity contribution in [2.75, 3.05) is 31.0 Å². The Bertz CT molecular complexity index is 1010. The van der Waals surface area contributed by atoms with Crippen molar-refractivity contribution in [1.29, 1.82) is 0 Å². The fourth-order valence-corrected chi connectivity index (χ4v) is 4.32. The smallest absolute Gasteiger partial charge is 0.271 e. The lowest BCUT2D eigenvalue weighted by atomic mass is 9.95. The van der Waals surface area contributed by atoms with Crippen LogP contribution in [0.25, 0.3) is 0 Å². The van der Waals surface area contributed by atoms with E-state index in [9.17, 15) is 14.4 Å². The van der Waals surface area contributed by atoms with Crippen LogP contribution < -0.4 is 19.7 Å². The standard InChI is InChI=1S/C22H23N3O5/c1-4-24-20(27)17-7-5-6-8-18(17)25-19(26)9-10-22(24,25)21(28)23-14-11-15(29-2)13-16(12-14)30-3/h5-8,11-13H,4,9-10H2,1-3H3,(H,23,28)/t22-/m0/s1. The van der Waals surface area contributed by atoms with Crippen LogP contribution in [0.4, 0.5) is 11.4 Å². The molecule has 2 aliphatic heterocycles. The van der Waals surface area contributed by atoms with Crippen molar-refractivity contribution in [2.24, 2.45) is 0 Å². The normalized spacial score (nSPS) is 20.0. The van der Waals surface area contributed by atoms with Crippen molar-refractivity contribution < 1.29 is 23.9 Å². The summed E-state index contributed by atoms with van der Waals surface area (Å²) in [6, 6.07) is 11.9. The van der Waals surface area contributed by atoms with Crippen LogP contribution in [0.3, 0.4) is 0 Å². The molecule has 8 heteroatoms. The Morgan fingerprint density at radius 2 is 1.77 bits per heavy atom. The molecule has 3 amide bonds. The third-order valence-electron chi connectivity index (χ3n) is 5.66. The van der Waals surface area contributed by atoms with Crippen molar-refractivity contribution >= 4 is 29.1 Å². The lowest BCUT2D eigenvalue weighted by Gasteiger charge is -2.48. The fourth-order valence-electron chi connectivity index (χ4n) is 4.32. The van der Waals surface area contributed by atoms with Gasteiger partial charge in [-0.05, 0) is 19.1 Å². The van der Waals surface area contributed by atoms with E-state index in [0.717, 1.165) is 0 Å². The molecule has 0 bridgehead atoms. The number of nitrogens with one attached hydrogen (secondary N) is 1. The Kier molecular flexibility index (Phi) is 4.85.